The molecule has 0 rings (SSSR count). The first-order valence-corrected chi connectivity index (χ1v) is 6.13. The van der Waals surface area contributed by atoms with Gasteiger partial charge in [-0.15, -0.1) is 11.6 Å². The van der Waals surface area contributed by atoms with Crippen molar-refractivity contribution in [3.8, 4) is 0 Å². The van der Waals surface area contributed by atoms with E-state index in [9.17, 15) is 13.5 Å². The molecule has 0 saturated carbocycles. The molecule has 0 unspecified atom stereocenters. The van der Waals surface area contributed by atoms with Crippen molar-refractivity contribution in [2.24, 2.45) is 0 Å². The zero-order valence-electron chi connectivity index (χ0n) is 8.12. The van der Waals surface area contributed by atoms with Crippen LogP contribution >= 0.6 is 11.6 Å². The first-order chi connectivity index (χ1) is 5.73. The number of sulfonamides is 1. The van der Waals surface area contributed by atoms with Gasteiger partial charge >= 0.3 is 0 Å². The number of rotatable bonds is 5. The summed E-state index contributed by atoms with van der Waals surface area (Å²) in [4.78, 5) is 0. The Labute approximate surface area is 84.5 Å². The van der Waals surface area contributed by atoms with Crippen LogP contribution in [0.5, 0.6) is 0 Å². The maximum absolute atomic E-state index is 11.3. The molecule has 1 N–H and O–H groups in total. The van der Waals surface area contributed by atoms with Gasteiger partial charge in [0.05, 0.1) is 5.60 Å². The molecule has 6 heteroatoms. The number of nitrogens with zero attached hydrogens (tertiary/aromatic N) is 1. The van der Waals surface area contributed by atoms with E-state index in [-0.39, 0.29) is 6.54 Å². The SMILES string of the molecule is CCN(CC(C)(C)O)S(=O)(=O)CCl. The predicted octanol–water partition coefficient (Wildman–Crippen LogP) is 0.605. The van der Waals surface area contributed by atoms with Crippen molar-refractivity contribution in [3.05, 3.63) is 0 Å². The molecule has 4 nitrogen and oxygen atoms in total. The molecule has 80 valence electrons. The Morgan fingerprint density at radius 2 is 1.92 bits per heavy atom. The highest BCUT2D eigenvalue weighted by Gasteiger charge is 2.25. The number of hydrogen-bond acceptors (Lipinski definition) is 3. The van der Waals surface area contributed by atoms with Crippen LogP contribution in [-0.4, -0.2) is 41.7 Å². The van der Waals surface area contributed by atoms with Crippen LogP contribution in [0.4, 0.5) is 0 Å². The lowest BCUT2D eigenvalue weighted by Gasteiger charge is -2.26. The highest BCUT2D eigenvalue weighted by Crippen LogP contribution is 2.10. The fraction of sp³-hybridized carbons (Fsp3) is 1.00. The van der Waals surface area contributed by atoms with Crippen LogP contribution in [-0.2, 0) is 10.0 Å². The van der Waals surface area contributed by atoms with Gasteiger partial charge in [0.25, 0.3) is 0 Å². The van der Waals surface area contributed by atoms with Crippen molar-refractivity contribution < 1.29 is 13.5 Å². The largest absolute Gasteiger partial charge is 0.389 e. The second-order valence-electron chi connectivity index (χ2n) is 3.46. The van der Waals surface area contributed by atoms with E-state index >= 15 is 0 Å². The first kappa shape index (κ1) is 13.2. The van der Waals surface area contributed by atoms with Crippen LogP contribution in [0.3, 0.4) is 0 Å². The molecule has 0 heterocycles. The molecular weight excluding hydrogens is 214 g/mol. The quantitative estimate of drug-likeness (QED) is 0.703. The van der Waals surface area contributed by atoms with E-state index in [1.54, 1.807) is 20.8 Å². The Kier molecular flexibility index (Phi) is 4.65. The molecule has 13 heavy (non-hydrogen) atoms. The van der Waals surface area contributed by atoms with Crippen molar-refractivity contribution in [2.75, 3.05) is 18.3 Å². The number of alkyl halides is 1. The third kappa shape index (κ3) is 4.81. The van der Waals surface area contributed by atoms with Gasteiger partial charge < -0.3 is 5.11 Å². The minimum atomic E-state index is -3.40. The van der Waals surface area contributed by atoms with Gasteiger partial charge in [0.2, 0.25) is 10.0 Å². The average molecular weight is 230 g/mol. The lowest BCUT2D eigenvalue weighted by Crippen LogP contribution is -2.42. The molecular formula is C7H16ClNO3S. The van der Waals surface area contributed by atoms with E-state index in [0.717, 1.165) is 0 Å². The first-order valence-electron chi connectivity index (χ1n) is 3.99. The molecule has 0 fully saturated rings. The number of aliphatic hydroxyl groups is 1. The van der Waals surface area contributed by atoms with Crippen molar-refractivity contribution in [3.63, 3.8) is 0 Å². The van der Waals surface area contributed by atoms with E-state index < -0.39 is 20.8 Å². The van der Waals surface area contributed by atoms with E-state index in [2.05, 4.69) is 0 Å². The van der Waals surface area contributed by atoms with E-state index in [1.807, 2.05) is 0 Å². The van der Waals surface area contributed by atoms with Gasteiger partial charge in [-0.3, -0.25) is 0 Å². The molecule has 0 bridgehead atoms. The predicted molar refractivity (Wildman–Crippen MR) is 53.2 cm³/mol. The third-order valence-electron chi connectivity index (χ3n) is 1.45. The summed E-state index contributed by atoms with van der Waals surface area (Å²) in [5.74, 6) is 0. The maximum Gasteiger partial charge on any atom is 0.228 e. The fourth-order valence-corrected chi connectivity index (χ4v) is 2.37. The van der Waals surface area contributed by atoms with E-state index in [0.29, 0.717) is 6.54 Å². The Morgan fingerprint density at radius 3 is 2.15 bits per heavy atom. The van der Waals surface area contributed by atoms with Gasteiger partial charge in [-0.25, -0.2) is 8.42 Å². The van der Waals surface area contributed by atoms with Crippen molar-refractivity contribution in [2.45, 2.75) is 26.4 Å². The zero-order valence-corrected chi connectivity index (χ0v) is 9.69. The molecule has 0 aliphatic carbocycles. The summed E-state index contributed by atoms with van der Waals surface area (Å²) in [6, 6.07) is 0. The Morgan fingerprint density at radius 1 is 1.46 bits per heavy atom. The van der Waals surface area contributed by atoms with Gasteiger partial charge in [-0.05, 0) is 13.8 Å². The summed E-state index contributed by atoms with van der Waals surface area (Å²) >= 11 is 5.28. The monoisotopic (exact) mass is 229 g/mol. The van der Waals surface area contributed by atoms with Crippen LogP contribution in [0.1, 0.15) is 20.8 Å². The molecule has 0 spiro atoms. The minimum Gasteiger partial charge on any atom is -0.389 e. The Hall–Kier alpha value is 0.160. The number of halogens is 1. The fourth-order valence-electron chi connectivity index (χ4n) is 0.907. The lowest BCUT2D eigenvalue weighted by molar-refractivity contribution is 0.0602. The highest BCUT2D eigenvalue weighted by atomic mass is 35.5. The highest BCUT2D eigenvalue weighted by molar-refractivity contribution is 7.90. The van der Waals surface area contributed by atoms with Gasteiger partial charge in [-0.2, -0.15) is 4.31 Å². The molecule has 0 radical (unpaired) electrons. The summed E-state index contributed by atoms with van der Waals surface area (Å²) in [6.45, 7) is 5.20. The molecule has 0 aliphatic heterocycles. The van der Waals surface area contributed by atoms with Crippen LogP contribution in [0.25, 0.3) is 0 Å². The number of likely N-dealkylation sites (N-methyl/N-ethyl adjacent to an activating group) is 1. The average Bonchev–Trinajstić information content (AvgIpc) is 1.98. The summed E-state index contributed by atoms with van der Waals surface area (Å²) in [6.07, 6.45) is 0. The summed E-state index contributed by atoms with van der Waals surface area (Å²) in [7, 11) is -3.40. The van der Waals surface area contributed by atoms with Crippen molar-refractivity contribution in [1.29, 1.82) is 0 Å². The molecule has 0 aromatic carbocycles. The number of hydrogen-bond donors (Lipinski definition) is 1. The summed E-state index contributed by atoms with van der Waals surface area (Å²) < 4.78 is 23.7. The second-order valence-corrected chi connectivity index (χ2v) is 6.01. The van der Waals surface area contributed by atoms with Crippen LogP contribution in [0.15, 0.2) is 0 Å². The zero-order chi connectivity index (χ0) is 10.7. The second kappa shape index (κ2) is 4.59. The Balaban J connectivity index is 4.55. The molecule has 0 aromatic heterocycles. The van der Waals surface area contributed by atoms with Gasteiger partial charge in [0.15, 0.2) is 0 Å². The summed E-state index contributed by atoms with van der Waals surface area (Å²) in [5, 5.41) is 8.98. The van der Waals surface area contributed by atoms with Gasteiger partial charge in [0.1, 0.15) is 5.21 Å². The smallest absolute Gasteiger partial charge is 0.228 e. The van der Waals surface area contributed by atoms with Crippen LogP contribution < -0.4 is 0 Å². The topological polar surface area (TPSA) is 57.6 Å². The normalized spacial score (nSPS) is 13.7. The molecule has 0 atom stereocenters. The molecule has 0 amide bonds. The standard InChI is InChI=1S/C7H16ClNO3S/c1-4-9(5-7(2,3)10)13(11,12)6-8/h10H,4-6H2,1-3H3. The van der Waals surface area contributed by atoms with Crippen LogP contribution in [0, 0.1) is 0 Å². The molecule has 0 aliphatic rings. The van der Waals surface area contributed by atoms with Crippen molar-refractivity contribution in [1.82, 2.24) is 4.31 Å². The third-order valence-corrected chi connectivity index (χ3v) is 3.72. The van der Waals surface area contributed by atoms with Crippen molar-refractivity contribution >= 4 is 21.6 Å². The summed E-state index contributed by atoms with van der Waals surface area (Å²) in [5.41, 5.74) is -1.03. The maximum atomic E-state index is 11.3. The molecule has 0 saturated heterocycles. The van der Waals surface area contributed by atoms with E-state index in [1.165, 1.54) is 4.31 Å². The van der Waals surface area contributed by atoms with Gasteiger partial charge in [0, 0.05) is 13.1 Å². The lowest BCUT2D eigenvalue weighted by atomic mass is 10.1. The van der Waals surface area contributed by atoms with Crippen LogP contribution in [0.2, 0.25) is 0 Å². The minimum absolute atomic E-state index is 0.0680. The van der Waals surface area contributed by atoms with Gasteiger partial charge in [-0.1, -0.05) is 6.92 Å². The Bertz CT molecular complexity index is 245. The molecule has 0 aromatic rings. The van der Waals surface area contributed by atoms with E-state index in [4.69, 9.17) is 11.6 Å².